The Kier molecular flexibility index (Phi) is 5.96. The molecule has 2 heterocycles. The SMILES string of the molecule is COc1cccc(NC(=O)COc2nc(-c3ccc(C)cc3)nc3sc4c(c23)CCCC4)c1. The third-order valence-electron chi connectivity index (χ3n) is 5.78. The molecular formula is C26H25N3O3S. The van der Waals surface area contributed by atoms with Crippen molar-refractivity contribution in [2.75, 3.05) is 19.0 Å². The molecule has 168 valence electrons. The number of aromatic nitrogens is 2. The highest BCUT2D eigenvalue weighted by molar-refractivity contribution is 7.18. The van der Waals surface area contributed by atoms with E-state index in [0.29, 0.717) is 23.1 Å². The minimum Gasteiger partial charge on any atom is -0.497 e. The van der Waals surface area contributed by atoms with Crippen molar-refractivity contribution in [2.45, 2.75) is 32.6 Å². The Bertz CT molecular complexity index is 1310. The number of thiophene rings is 1. The van der Waals surface area contributed by atoms with Crippen LogP contribution in [0.25, 0.3) is 21.6 Å². The standard InChI is InChI=1S/C26H25N3O3S/c1-16-10-12-17(13-11-16)24-28-25(23-20-8-3-4-9-21(20)33-26(23)29-24)32-15-22(30)27-18-6-5-7-19(14-18)31-2/h5-7,10-14H,3-4,8-9,15H2,1-2H3,(H,27,30). The third-order valence-corrected chi connectivity index (χ3v) is 6.97. The van der Waals surface area contributed by atoms with Crippen LogP contribution in [0, 0.1) is 6.92 Å². The van der Waals surface area contributed by atoms with Gasteiger partial charge in [-0.25, -0.2) is 4.98 Å². The van der Waals surface area contributed by atoms with Crippen LogP contribution < -0.4 is 14.8 Å². The molecule has 0 saturated heterocycles. The van der Waals surface area contributed by atoms with Gasteiger partial charge in [0.2, 0.25) is 5.88 Å². The van der Waals surface area contributed by atoms with Crippen LogP contribution in [0.15, 0.2) is 48.5 Å². The molecule has 2 aromatic heterocycles. The minimum atomic E-state index is -0.254. The number of benzene rings is 2. The van der Waals surface area contributed by atoms with E-state index >= 15 is 0 Å². The molecule has 33 heavy (non-hydrogen) atoms. The third kappa shape index (κ3) is 4.54. The Balaban J connectivity index is 1.45. The highest BCUT2D eigenvalue weighted by Crippen LogP contribution is 2.40. The molecule has 0 aliphatic heterocycles. The molecule has 0 unspecified atom stereocenters. The van der Waals surface area contributed by atoms with Gasteiger partial charge in [-0.05, 0) is 50.3 Å². The van der Waals surface area contributed by atoms with Gasteiger partial charge in [-0.15, -0.1) is 11.3 Å². The van der Waals surface area contributed by atoms with Gasteiger partial charge in [-0.2, -0.15) is 4.98 Å². The Hall–Kier alpha value is -3.45. The van der Waals surface area contributed by atoms with Crippen LogP contribution in [0.1, 0.15) is 28.8 Å². The van der Waals surface area contributed by atoms with Gasteiger partial charge in [0, 0.05) is 22.2 Å². The number of aryl methyl sites for hydroxylation is 3. The first-order valence-electron chi connectivity index (χ1n) is 11.1. The van der Waals surface area contributed by atoms with Crippen molar-refractivity contribution in [3.8, 4) is 23.0 Å². The number of hydrogen-bond acceptors (Lipinski definition) is 6. The molecule has 6 nitrogen and oxygen atoms in total. The number of anilines is 1. The van der Waals surface area contributed by atoms with Gasteiger partial charge < -0.3 is 14.8 Å². The second kappa shape index (κ2) is 9.19. The lowest BCUT2D eigenvalue weighted by atomic mass is 9.97. The zero-order valence-corrected chi connectivity index (χ0v) is 19.5. The van der Waals surface area contributed by atoms with Crippen molar-refractivity contribution in [1.29, 1.82) is 0 Å². The number of ether oxygens (including phenoxy) is 2. The van der Waals surface area contributed by atoms with Crippen LogP contribution in [0.4, 0.5) is 5.69 Å². The predicted molar refractivity (Wildman–Crippen MR) is 131 cm³/mol. The molecule has 0 fully saturated rings. The number of rotatable bonds is 6. The Labute approximate surface area is 196 Å². The van der Waals surface area contributed by atoms with E-state index in [1.54, 1.807) is 24.5 Å². The van der Waals surface area contributed by atoms with Gasteiger partial charge in [0.05, 0.1) is 12.5 Å². The van der Waals surface area contributed by atoms with Crippen LogP contribution in [-0.2, 0) is 17.6 Å². The number of methoxy groups -OCH3 is 1. The molecule has 7 heteroatoms. The number of carbonyl (C=O) groups excluding carboxylic acids is 1. The summed E-state index contributed by atoms with van der Waals surface area (Å²) in [6, 6.07) is 15.4. The Morgan fingerprint density at radius 3 is 2.73 bits per heavy atom. The number of fused-ring (bicyclic) bond motifs is 3. The minimum absolute atomic E-state index is 0.138. The molecule has 1 amide bonds. The lowest BCUT2D eigenvalue weighted by molar-refractivity contribution is -0.118. The fourth-order valence-corrected chi connectivity index (χ4v) is 5.34. The van der Waals surface area contributed by atoms with Crippen molar-refractivity contribution in [2.24, 2.45) is 0 Å². The summed E-state index contributed by atoms with van der Waals surface area (Å²) < 4.78 is 11.3. The largest absolute Gasteiger partial charge is 0.497 e. The van der Waals surface area contributed by atoms with Gasteiger partial charge in [-0.3, -0.25) is 4.79 Å². The first kappa shape index (κ1) is 21.4. The van der Waals surface area contributed by atoms with Crippen LogP contribution in [0.2, 0.25) is 0 Å². The van der Waals surface area contributed by atoms with E-state index in [1.807, 2.05) is 42.5 Å². The van der Waals surface area contributed by atoms with Crippen molar-refractivity contribution in [3.63, 3.8) is 0 Å². The summed E-state index contributed by atoms with van der Waals surface area (Å²) in [5, 5.41) is 3.82. The molecule has 0 radical (unpaired) electrons. The molecule has 2 aromatic carbocycles. The monoisotopic (exact) mass is 459 g/mol. The molecule has 1 aliphatic carbocycles. The molecule has 4 aromatic rings. The van der Waals surface area contributed by atoms with Crippen LogP contribution in [-0.4, -0.2) is 29.6 Å². The summed E-state index contributed by atoms with van der Waals surface area (Å²) >= 11 is 1.72. The van der Waals surface area contributed by atoms with Gasteiger partial charge in [0.15, 0.2) is 12.4 Å². The lowest BCUT2D eigenvalue weighted by Crippen LogP contribution is -2.20. The van der Waals surface area contributed by atoms with Gasteiger partial charge in [0.25, 0.3) is 5.91 Å². The molecule has 5 rings (SSSR count). The first-order valence-corrected chi connectivity index (χ1v) is 11.9. The summed E-state index contributed by atoms with van der Waals surface area (Å²) in [7, 11) is 1.59. The van der Waals surface area contributed by atoms with Gasteiger partial charge in [0.1, 0.15) is 10.6 Å². The summed E-state index contributed by atoms with van der Waals surface area (Å²) in [5.74, 6) is 1.52. The average Bonchev–Trinajstić information content (AvgIpc) is 3.22. The quantitative estimate of drug-likeness (QED) is 0.408. The summed E-state index contributed by atoms with van der Waals surface area (Å²) in [6.07, 6.45) is 4.40. The van der Waals surface area contributed by atoms with Crippen LogP contribution in [0.5, 0.6) is 11.6 Å². The molecule has 1 N–H and O–H groups in total. The topological polar surface area (TPSA) is 73.3 Å². The zero-order valence-electron chi connectivity index (χ0n) is 18.7. The van der Waals surface area contributed by atoms with E-state index < -0.39 is 0 Å². The van der Waals surface area contributed by atoms with Crippen LogP contribution in [0.3, 0.4) is 0 Å². The van der Waals surface area contributed by atoms with Crippen molar-refractivity contribution < 1.29 is 14.3 Å². The highest BCUT2D eigenvalue weighted by atomic mass is 32.1. The maximum atomic E-state index is 12.6. The van der Waals surface area contributed by atoms with Gasteiger partial charge >= 0.3 is 0 Å². The number of carbonyl (C=O) groups is 1. The normalized spacial score (nSPS) is 12.9. The molecule has 0 bridgehead atoms. The average molecular weight is 460 g/mol. The second-order valence-electron chi connectivity index (χ2n) is 8.18. The molecule has 0 atom stereocenters. The summed E-state index contributed by atoms with van der Waals surface area (Å²) in [4.78, 5) is 24.5. The fraction of sp³-hybridized carbons (Fsp3) is 0.269. The number of nitrogens with one attached hydrogen (secondary N) is 1. The van der Waals surface area contributed by atoms with Crippen molar-refractivity contribution in [3.05, 3.63) is 64.5 Å². The van der Waals surface area contributed by atoms with Gasteiger partial charge in [-0.1, -0.05) is 35.9 Å². The highest BCUT2D eigenvalue weighted by Gasteiger charge is 2.23. The van der Waals surface area contributed by atoms with Crippen molar-refractivity contribution >= 4 is 33.1 Å². The Morgan fingerprint density at radius 1 is 1.09 bits per heavy atom. The van der Waals surface area contributed by atoms with E-state index in [9.17, 15) is 4.79 Å². The second-order valence-corrected chi connectivity index (χ2v) is 9.26. The lowest BCUT2D eigenvalue weighted by Gasteiger charge is -2.13. The van der Waals surface area contributed by atoms with E-state index in [0.717, 1.165) is 35.0 Å². The van der Waals surface area contributed by atoms with Crippen molar-refractivity contribution in [1.82, 2.24) is 9.97 Å². The zero-order chi connectivity index (χ0) is 22.8. The molecule has 0 saturated carbocycles. The maximum absolute atomic E-state index is 12.6. The first-order chi connectivity index (χ1) is 16.1. The Morgan fingerprint density at radius 2 is 1.91 bits per heavy atom. The van der Waals surface area contributed by atoms with E-state index in [4.69, 9.17) is 19.4 Å². The molecular weight excluding hydrogens is 434 g/mol. The van der Waals surface area contributed by atoms with E-state index in [-0.39, 0.29) is 12.5 Å². The fourth-order valence-electron chi connectivity index (χ4n) is 4.09. The summed E-state index contributed by atoms with van der Waals surface area (Å²) in [6.45, 7) is 1.91. The maximum Gasteiger partial charge on any atom is 0.262 e. The van der Waals surface area contributed by atoms with E-state index in [2.05, 4.69) is 12.2 Å². The number of amides is 1. The summed E-state index contributed by atoms with van der Waals surface area (Å²) in [5.41, 5.74) is 4.04. The number of hydrogen-bond donors (Lipinski definition) is 1. The smallest absolute Gasteiger partial charge is 0.262 e. The molecule has 0 spiro atoms. The number of nitrogens with zero attached hydrogens (tertiary/aromatic N) is 2. The van der Waals surface area contributed by atoms with E-state index in [1.165, 1.54) is 22.4 Å². The van der Waals surface area contributed by atoms with Crippen LogP contribution >= 0.6 is 11.3 Å². The molecule has 1 aliphatic rings. The predicted octanol–water partition coefficient (Wildman–Crippen LogP) is 5.57.